The number of nitrogens with zero attached hydrogens (tertiary/aromatic N) is 2. The molecule has 0 saturated heterocycles. The number of thioether (sulfide) groups is 1. The molecule has 8 heteroatoms. The van der Waals surface area contributed by atoms with E-state index in [1.165, 1.54) is 11.8 Å². The molecular weight excluding hydrogens is 304 g/mol. The molecule has 0 spiro atoms. The van der Waals surface area contributed by atoms with Gasteiger partial charge >= 0.3 is 5.69 Å². The predicted molar refractivity (Wildman–Crippen MR) is 83.9 cm³/mol. The molecule has 0 aliphatic rings. The summed E-state index contributed by atoms with van der Waals surface area (Å²) in [6.07, 6.45) is 0.747. The standard InChI is InChI=1S/C14H18N4O3S/c1-21-8-2-7-18-13(20)16-17-14(18)22-9-10-3-5-11(6-4-10)12(15)19/h3-6H,2,7-9H2,1H3,(H2,15,19)(H,16,20). The Bertz CT molecular complexity index is 678. The highest BCUT2D eigenvalue weighted by atomic mass is 32.2. The van der Waals surface area contributed by atoms with E-state index in [1.807, 2.05) is 12.1 Å². The molecule has 1 amide bonds. The van der Waals surface area contributed by atoms with Crippen molar-refractivity contribution in [3.8, 4) is 0 Å². The molecule has 0 fully saturated rings. The number of nitrogens with one attached hydrogen (secondary N) is 1. The zero-order chi connectivity index (χ0) is 15.9. The van der Waals surface area contributed by atoms with Gasteiger partial charge in [0.05, 0.1) is 0 Å². The molecular formula is C14H18N4O3S. The first-order chi connectivity index (χ1) is 10.6. The van der Waals surface area contributed by atoms with Crippen molar-refractivity contribution in [2.24, 2.45) is 5.73 Å². The smallest absolute Gasteiger partial charge is 0.343 e. The Balaban J connectivity index is 1.99. The van der Waals surface area contributed by atoms with E-state index in [2.05, 4.69) is 10.2 Å². The number of hydrogen-bond acceptors (Lipinski definition) is 5. The van der Waals surface area contributed by atoms with E-state index in [0.29, 0.717) is 29.6 Å². The van der Waals surface area contributed by atoms with E-state index < -0.39 is 5.91 Å². The van der Waals surface area contributed by atoms with Crippen LogP contribution in [0.2, 0.25) is 0 Å². The van der Waals surface area contributed by atoms with Gasteiger partial charge < -0.3 is 10.5 Å². The van der Waals surface area contributed by atoms with E-state index >= 15 is 0 Å². The van der Waals surface area contributed by atoms with Gasteiger partial charge in [-0.05, 0) is 24.1 Å². The molecule has 0 unspecified atom stereocenters. The summed E-state index contributed by atoms with van der Waals surface area (Å²) in [5, 5.41) is 7.13. The van der Waals surface area contributed by atoms with Gasteiger partial charge in [0.2, 0.25) is 5.91 Å². The number of amides is 1. The Kier molecular flexibility index (Phi) is 5.79. The second kappa shape index (κ2) is 7.81. The number of hydrogen-bond donors (Lipinski definition) is 2. The molecule has 118 valence electrons. The molecule has 2 aromatic rings. The topological polar surface area (TPSA) is 103 Å². The maximum Gasteiger partial charge on any atom is 0.343 e. The van der Waals surface area contributed by atoms with E-state index in [1.54, 1.807) is 23.8 Å². The average molecular weight is 322 g/mol. The number of rotatable bonds is 8. The lowest BCUT2D eigenvalue weighted by Gasteiger charge is -2.05. The lowest BCUT2D eigenvalue weighted by Crippen LogP contribution is -2.18. The number of carbonyl (C=O) groups excluding carboxylic acids is 1. The van der Waals surface area contributed by atoms with Crippen LogP contribution in [0.4, 0.5) is 0 Å². The maximum atomic E-state index is 11.7. The monoisotopic (exact) mass is 322 g/mol. The van der Waals surface area contributed by atoms with Crippen molar-refractivity contribution in [2.45, 2.75) is 23.9 Å². The number of carbonyl (C=O) groups is 1. The molecule has 0 aliphatic heterocycles. The number of primary amides is 1. The summed E-state index contributed by atoms with van der Waals surface area (Å²) in [4.78, 5) is 22.7. The molecule has 0 radical (unpaired) electrons. The second-order valence-electron chi connectivity index (χ2n) is 4.66. The third kappa shape index (κ3) is 4.22. The molecule has 22 heavy (non-hydrogen) atoms. The summed E-state index contributed by atoms with van der Waals surface area (Å²) in [7, 11) is 1.63. The number of benzene rings is 1. The van der Waals surface area contributed by atoms with Crippen molar-refractivity contribution in [1.82, 2.24) is 14.8 Å². The van der Waals surface area contributed by atoms with Crippen molar-refractivity contribution in [3.63, 3.8) is 0 Å². The minimum atomic E-state index is -0.446. The number of ether oxygens (including phenoxy) is 1. The molecule has 7 nitrogen and oxygen atoms in total. The Labute approximate surface area is 131 Å². The van der Waals surface area contributed by atoms with E-state index in [9.17, 15) is 9.59 Å². The molecule has 1 aromatic carbocycles. The van der Waals surface area contributed by atoms with Crippen molar-refractivity contribution < 1.29 is 9.53 Å². The van der Waals surface area contributed by atoms with E-state index in [-0.39, 0.29) is 5.69 Å². The van der Waals surface area contributed by atoms with Crippen molar-refractivity contribution in [3.05, 3.63) is 45.9 Å². The first kappa shape index (κ1) is 16.3. The number of aromatic nitrogens is 3. The summed E-state index contributed by atoms with van der Waals surface area (Å²) < 4.78 is 6.59. The van der Waals surface area contributed by atoms with Crippen LogP contribution in [0.3, 0.4) is 0 Å². The van der Waals surface area contributed by atoms with Crippen LogP contribution in [-0.2, 0) is 17.0 Å². The van der Waals surface area contributed by atoms with Gasteiger partial charge in [-0.2, -0.15) is 0 Å². The lowest BCUT2D eigenvalue weighted by molar-refractivity contribution is 0.100. The average Bonchev–Trinajstić information content (AvgIpc) is 2.86. The van der Waals surface area contributed by atoms with Gasteiger partial charge in [0, 0.05) is 31.6 Å². The van der Waals surface area contributed by atoms with E-state index in [4.69, 9.17) is 10.5 Å². The summed E-state index contributed by atoms with van der Waals surface area (Å²) in [6.45, 7) is 1.16. The minimum absolute atomic E-state index is 0.220. The van der Waals surface area contributed by atoms with Gasteiger partial charge in [-0.15, -0.1) is 5.10 Å². The van der Waals surface area contributed by atoms with Crippen molar-refractivity contribution in [1.29, 1.82) is 0 Å². The third-order valence-corrected chi connectivity index (χ3v) is 4.11. The van der Waals surface area contributed by atoms with Gasteiger partial charge in [0.15, 0.2) is 5.16 Å². The molecule has 1 aromatic heterocycles. The van der Waals surface area contributed by atoms with Gasteiger partial charge in [-0.3, -0.25) is 9.36 Å². The minimum Gasteiger partial charge on any atom is -0.385 e. The van der Waals surface area contributed by atoms with Crippen LogP contribution in [-0.4, -0.2) is 34.4 Å². The second-order valence-corrected chi connectivity index (χ2v) is 5.60. The highest BCUT2D eigenvalue weighted by Gasteiger charge is 2.09. The van der Waals surface area contributed by atoms with Gasteiger partial charge in [-0.25, -0.2) is 9.89 Å². The number of methoxy groups -OCH3 is 1. The molecule has 0 bridgehead atoms. The molecule has 1 heterocycles. The quantitative estimate of drug-likeness (QED) is 0.557. The Morgan fingerprint density at radius 3 is 2.77 bits per heavy atom. The summed E-state index contributed by atoms with van der Waals surface area (Å²) in [5.41, 5.74) is 6.48. The van der Waals surface area contributed by atoms with Crippen LogP contribution in [0, 0.1) is 0 Å². The third-order valence-electron chi connectivity index (χ3n) is 3.06. The fourth-order valence-corrected chi connectivity index (χ4v) is 2.82. The summed E-state index contributed by atoms with van der Waals surface area (Å²) in [5.74, 6) is 0.201. The molecule has 0 saturated carbocycles. The van der Waals surface area contributed by atoms with Gasteiger partial charge in [0.1, 0.15) is 0 Å². The fraction of sp³-hybridized carbons (Fsp3) is 0.357. The van der Waals surface area contributed by atoms with Gasteiger partial charge in [0.25, 0.3) is 0 Å². The van der Waals surface area contributed by atoms with Crippen molar-refractivity contribution in [2.75, 3.05) is 13.7 Å². The predicted octanol–water partition coefficient (Wildman–Crippen LogP) is 0.999. The number of aromatic amines is 1. The van der Waals surface area contributed by atoms with Crippen LogP contribution in [0.15, 0.2) is 34.2 Å². The lowest BCUT2D eigenvalue weighted by atomic mass is 10.1. The molecule has 3 N–H and O–H groups in total. The van der Waals surface area contributed by atoms with Crippen LogP contribution in [0.5, 0.6) is 0 Å². The summed E-state index contributed by atoms with van der Waals surface area (Å²) >= 11 is 1.46. The Hall–Kier alpha value is -2.06. The normalized spacial score (nSPS) is 10.8. The van der Waals surface area contributed by atoms with Gasteiger partial charge in [-0.1, -0.05) is 23.9 Å². The summed E-state index contributed by atoms with van der Waals surface area (Å²) in [6, 6.07) is 7.06. The van der Waals surface area contributed by atoms with Crippen LogP contribution >= 0.6 is 11.8 Å². The SMILES string of the molecule is COCCCn1c(SCc2ccc(C(N)=O)cc2)n[nH]c1=O. The Morgan fingerprint density at radius 2 is 2.14 bits per heavy atom. The molecule has 0 aliphatic carbocycles. The van der Waals surface area contributed by atoms with Crippen molar-refractivity contribution >= 4 is 17.7 Å². The van der Waals surface area contributed by atoms with Crippen LogP contribution in [0.25, 0.3) is 0 Å². The largest absolute Gasteiger partial charge is 0.385 e. The maximum absolute atomic E-state index is 11.7. The van der Waals surface area contributed by atoms with Crippen LogP contribution < -0.4 is 11.4 Å². The zero-order valence-corrected chi connectivity index (χ0v) is 13.1. The Morgan fingerprint density at radius 1 is 1.41 bits per heavy atom. The first-order valence-corrected chi connectivity index (χ1v) is 7.76. The van der Waals surface area contributed by atoms with E-state index in [0.717, 1.165) is 12.0 Å². The number of H-pyrrole nitrogens is 1. The fourth-order valence-electron chi connectivity index (χ4n) is 1.89. The number of nitrogens with two attached hydrogens (primary N) is 1. The zero-order valence-electron chi connectivity index (χ0n) is 12.2. The van der Waals surface area contributed by atoms with Crippen LogP contribution in [0.1, 0.15) is 22.3 Å². The highest BCUT2D eigenvalue weighted by Crippen LogP contribution is 2.20. The first-order valence-electron chi connectivity index (χ1n) is 6.77. The molecule has 2 rings (SSSR count). The molecule has 0 atom stereocenters. The highest BCUT2D eigenvalue weighted by molar-refractivity contribution is 7.98.